The molecule has 26 heavy (non-hydrogen) atoms. The Hall–Kier alpha value is -2.52. The number of hydrogen-bond acceptors (Lipinski definition) is 6. The van der Waals surface area contributed by atoms with Crippen LogP contribution in [0.5, 0.6) is 0 Å². The summed E-state index contributed by atoms with van der Waals surface area (Å²) in [6.07, 6.45) is 9.82. The number of fused-ring (bicyclic) bond motifs is 1. The van der Waals surface area contributed by atoms with Crippen LogP contribution in [0, 0.1) is 0 Å². The van der Waals surface area contributed by atoms with Crippen molar-refractivity contribution < 1.29 is 8.42 Å². The highest BCUT2D eigenvalue weighted by Crippen LogP contribution is 2.24. The molecule has 0 aliphatic heterocycles. The van der Waals surface area contributed by atoms with Crippen LogP contribution in [0.3, 0.4) is 0 Å². The van der Waals surface area contributed by atoms with Crippen molar-refractivity contribution in [3.05, 3.63) is 36.8 Å². The van der Waals surface area contributed by atoms with E-state index in [-0.39, 0.29) is 16.9 Å². The summed E-state index contributed by atoms with van der Waals surface area (Å²) in [5.74, 6) is 0.188. The molecule has 3 heterocycles. The van der Waals surface area contributed by atoms with Gasteiger partial charge in [-0.2, -0.15) is 4.98 Å². The number of nitrogens with zero attached hydrogens (tertiary/aromatic N) is 4. The number of sulfonamides is 1. The Bertz CT molecular complexity index is 1040. The Kier molecular flexibility index (Phi) is 4.33. The van der Waals surface area contributed by atoms with Crippen molar-refractivity contribution >= 4 is 21.6 Å². The van der Waals surface area contributed by atoms with E-state index in [2.05, 4.69) is 19.8 Å². The number of nitrogens with one attached hydrogen (secondary N) is 1. The molecule has 4 rings (SSSR count). The van der Waals surface area contributed by atoms with Crippen LogP contribution in [0.2, 0.25) is 0 Å². The fourth-order valence-corrected chi connectivity index (χ4v) is 4.59. The van der Waals surface area contributed by atoms with E-state index in [0.29, 0.717) is 11.2 Å². The Labute approximate surface area is 151 Å². The topological polar surface area (TPSA) is 115 Å². The quantitative estimate of drug-likeness (QED) is 0.723. The molecule has 0 aromatic carbocycles. The van der Waals surface area contributed by atoms with Crippen LogP contribution in [0.25, 0.3) is 16.8 Å². The maximum absolute atomic E-state index is 12.7. The molecule has 0 amide bonds. The van der Waals surface area contributed by atoms with Crippen molar-refractivity contribution in [1.29, 1.82) is 0 Å². The smallest absolute Gasteiger partial charge is 0.242 e. The highest BCUT2D eigenvalue weighted by Gasteiger charge is 2.22. The third-order valence-corrected chi connectivity index (χ3v) is 6.12. The van der Waals surface area contributed by atoms with Crippen molar-refractivity contribution in [2.24, 2.45) is 0 Å². The molecule has 1 saturated carbocycles. The zero-order valence-electron chi connectivity index (χ0n) is 14.2. The van der Waals surface area contributed by atoms with Gasteiger partial charge in [0, 0.05) is 35.8 Å². The average molecular weight is 372 g/mol. The summed E-state index contributed by atoms with van der Waals surface area (Å²) in [4.78, 5) is 8.36. The Balaban J connectivity index is 1.64. The summed E-state index contributed by atoms with van der Waals surface area (Å²) < 4.78 is 29.8. The SMILES string of the molecule is Nc1nc2ccc(-c3cncc(S(=O)(=O)NC4CCCCC4)c3)cn2n1. The predicted molar refractivity (Wildman–Crippen MR) is 97.8 cm³/mol. The lowest BCUT2D eigenvalue weighted by molar-refractivity contribution is 0.412. The van der Waals surface area contributed by atoms with E-state index in [1.165, 1.54) is 12.6 Å². The van der Waals surface area contributed by atoms with Crippen molar-refractivity contribution in [3.63, 3.8) is 0 Å². The van der Waals surface area contributed by atoms with Crippen molar-refractivity contribution in [2.45, 2.75) is 43.0 Å². The second-order valence-electron chi connectivity index (χ2n) is 6.56. The van der Waals surface area contributed by atoms with Gasteiger partial charge >= 0.3 is 0 Å². The van der Waals surface area contributed by atoms with Gasteiger partial charge in [-0.25, -0.2) is 17.7 Å². The molecule has 3 aromatic heterocycles. The van der Waals surface area contributed by atoms with Crippen molar-refractivity contribution in [3.8, 4) is 11.1 Å². The molecule has 0 bridgehead atoms. The van der Waals surface area contributed by atoms with Crippen molar-refractivity contribution in [2.75, 3.05) is 5.73 Å². The molecular weight excluding hydrogens is 352 g/mol. The zero-order chi connectivity index (χ0) is 18.1. The lowest BCUT2D eigenvalue weighted by atomic mass is 9.96. The number of hydrogen-bond donors (Lipinski definition) is 2. The number of anilines is 1. The van der Waals surface area contributed by atoms with Crippen LogP contribution in [0.4, 0.5) is 5.95 Å². The van der Waals surface area contributed by atoms with E-state index < -0.39 is 10.0 Å². The van der Waals surface area contributed by atoms with Crippen LogP contribution >= 0.6 is 0 Å². The van der Waals surface area contributed by atoms with E-state index in [4.69, 9.17) is 5.73 Å². The Morgan fingerprint density at radius 3 is 2.73 bits per heavy atom. The third kappa shape index (κ3) is 3.40. The van der Waals surface area contributed by atoms with Gasteiger partial charge in [-0.15, -0.1) is 5.10 Å². The minimum absolute atomic E-state index is 0.00637. The van der Waals surface area contributed by atoms with Gasteiger partial charge in [0.15, 0.2) is 5.65 Å². The molecule has 0 atom stereocenters. The summed E-state index contributed by atoms with van der Waals surface area (Å²) in [6, 6.07) is 5.25. The minimum Gasteiger partial charge on any atom is -0.366 e. The average Bonchev–Trinajstić information content (AvgIpc) is 3.01. The van der Waals surface area contributed by atoms with E-state index in [0.717, 1.165) is 31.2 Å². The predicted octanol–water partition coefficient (Wildman–Crippen LogP) is 1.98. The standard InChI is InChI=1S/C17H20N6O2S/c18-17-20-16-7-6-12(11-23(16)21-17)13-8-15(10-19-9-13)26(24,25)22-14-4-2-1-3-5-14/h6-11,14,22H,1-5H2,(H2,18,21). The maximum atomic E-state index is 12.7. The van der Waals surface area contributed by atoms with E-state index in [1.807, 2.05) is 6.07 Å². The van der Waals surface area contributed by atoms with Gasteiger partial charge in [0.05, 0.1) is 0 Å². The van der Waals surface area contributed by atoms with Crippen LogP contribution in [0.1, 0.15) is 32.1 Å². The lowest BCUT2D eigenvalue weighted by Gasteiger charge is -2.22. The largest absolute Gasteiger partial charge is 0.366 e. The monoisotopic (exact) mass is 372 g/mol. The van der Waals surface area contributed by atoms with E-state index in [1.54, 1.807) is 29.0 Å². The fraction of sp³-hybridized carbons (Fsp3) is 0.353. The Morgan fingerprint density at radius 1 is 1.12 bits per heavy atom. The van der Waals surface area contributed by atoms with Crippen LogP contribution in [0.15, 0.2) is 41.7 Å². The minimum atomic E-state index is -3.60. The molecule has 136 valence electrons. The van der Waals surface area contributed by atoms with Crippen molar-refractivity contribution in [1.82, 2.24) is 24.3 Å². The highest BCUT2D eigenvalue weighted by atomic mass is 32.2. The summed E-state index contributed by atoms with van der Waals surface area (Å²) in [5.41, 5.74) is 7.70. The van der Waals surface area contributed by atoms with Gasteiger partial charge in [0.2, 0.25) is 16.0 Å². The van der Waals surface area contributed by atoms with Gasteiger partial charge in [-0.05, 0) is 31.0 Å². The molecule has 0 spiro atoms. The number of nitrogens with two attached hydrogens (primary N) is 1. The molecular formula is C17H20N6O2S. The number of pyridine rings is 2. The summed E-state index contributed by atoms with van der Waals surface area (Å²) in [7, 11) is -3.60. The summed E-state index contributed by atoms with van der Waals surface area (Å²) >= 11 is 0. The first-order valence-electron chi connectivity index (χ1n) is 8.61. The lowest BCUT2D eigenvalue weighted by Crippen LogP contribution is -2.36. The molecule has 0 unspecified atom stereocenters. The van der Waals surface area contributed by atoms with E-state index >= 15 is 0 Å². The number of aromatic nitrogens is 4. The molecule has 1 fully saturated rings. The Morgan fingerprint density at radius 2 is 1.92 bits per heavy atom. The molecule has 8 nitrogen and oxygen atoms in total. The first-order valence-corrected chi connectivity index (χ1v) is 10.1. The van der Waals surface area contributed by atoms with Gasteiger partial charge < -0.3 is 5.73 Å². The van der Waals surface area contributed by atoms with Crippen LogP contribution in [-0.4, -0.2) is 34.0 Å². The first kappa shape index (κ1) is 16.9. The molecule has 0 saturated heterocycles. The third-order valence-electron chi connectivity index (χ3n) is 4.63. The number of rotatable bonds is 4. The van der Waals surface area contributed by atoms with Crippen LogP contribution < -0.4 is 10.5 Å². The van der Waals surface area contributed by atoms with Gasteiger partial charge in [-0.3, -0.25) is 4.98 Å². The zero-order valence-corrected chi connectivity index (χ0v) is 15.0. The first-order chi connectivity index (χ1) is 12.5. The highest BCUT2D eigenvalue weighted by molar-refractivity contribution is 7.89. The molecule has 0 radical (unpaired) electrons. The van der Waals surface area contributed by atoms with Gasteiger partial charge in [-0.1, -0.05) is 19.3 Å². The second kappa shape index (κ2) is 6.65. The molecule has 3 N–H and O–H groups in total. The summed E-state index contributed by atoms with van der Waals surface area (Å²) in [5, 5.41) is 4.08. The van der Waals surface area contributed by atoms with Gasteiger partial charge in [0.1, 0.15) is 4.90 Å². The van der Waals surface area contributed by atoms with Crippen LogP contribution in [-0.2, 0) is 10.0 Å². The molecule has 9 heteroatoms. The normalized spacial score (nSPS) is 16.2. The molecule has 3 aromatic rings. The van der Waals surface area contributed by atoms with Gasteiger partial charge in [0.25, 0.3) is 0 Å². The molecule has 1 aliphatic carbocycles. The fourth-order valence-electron chi connectivity index (χ4n) is 3.30. The van der Waals surface area contributed by atoms with E-state index in [9.17, 15) is 8.42 Å². The molecule has 1 aliphatic rings. The maximum Gasteiger partial charge on any atom is 0.242 e. The number of nitrogen functional groups attached to an aromatic ring is 1. The summed E-state index contributed by atoms with van der Waals surface area (Å²) in [6.45, 7) is 0. The second-order valence-corrected chi connectivity index (χ2v) is 8.27.